The molecule has 0 saturated heterocycles. The highest BCUT2D eigenvalue weighted by atomic mass is 35.5. The summed E-state index contributed by atoms with van der Waals surface area (Å²) in [6.45, 7) is 2.80. The van der Waals surface area contributed by atoms with E-state index in [4.69, 9.17) is 23.2 Å². The van der Waals surface area contributed by atoms with Gasteiger partial charge < -0.3 is 4.90 Å². The maximum Gasteiger partial charge on any atom is 0.233 e. The molecule has 2 aromatic heterocycles. The van der Waals surface area contributed by atoms with E-state index in [1.54, 1.807) is 16.7 Å². The molecule has 1 amide bonds. The summed E-state index contributed by atoms with van der Waals surface area (Å²) in [7, 11) is 0. The van der Waals surface area contributed by atoms with Gasteiger partial charge in [0.2, 0.25) is 5.91 Å². The van der Waals surface area contributed by atoms with E-state index in [1.807, 2.05) is 11.8 Å². The van der Waals surface area contributed by atoms with Crippen molar-refractivity contribution < 1.29 is 4.79 Å². The molecule has 0 aliphatic heterocycles. The van der Waals surface area contributed by atoms with Crippen LogP contribution in [0.1, 0.15) is 39.0 Å². The Morgan fingerprint density at radius 3 is 2.79 bits per heavy atom. The maximum atomic E-state index is 12.6. The number of amides is 1. The highest BCUT2D eigenvalue weighted by Crippen LogP contribution is 2.27. The molecule has 0 N–H and O–H groups in total. The molecule has 1 saturated carbocycles. The average molecular weight is 387 g/mol. The van der Waals surface area contributed by atoms with Crippen molar-refractivity contribution in [3.8, 4) is 0 Å². The monoisotopic (exact) mass is 386 g/mol. The number of halogens is 2. The number of carbonyl (C=O) groups is 1. The topological polar surface area (TPSA) is 50.5 Å². The summed E-state index contributed by atoms with van der Waals surface area (Å²) in [4.78, 5) is 14.6. The number of hydrogen-bond donors (Lipinski definition) is 0. The summed E-state index contributed by atoms with van der Waals surface area (Å²) in [5.41, 5.74) is 0.552. The van der Waals surface area contributed by atoms with Crippen molar-refractivity contribution in [3.05, 3.63) is 22.3 Å². The highest BCUT2D eigenvalue weighted by molar-refractivity contribution is 7.99. The molecule has 2 aromatic rings. The van der Waals surface area contributed by atoms with Gasteiger partial charge in [-0.15, -0.1) is 10.2 Å². The van der Waals surface area contributed by atoms with Gasteiger partial charge in [-0.2, -0.15) is 0 Å². The number of thioether (sulfide) groups is 1. The lowest BCUT2D eigenvalue weighted by atomic mass is 9.94. The Labute approximate surface area is 155 Å². The van der Waals surface area contributed by atoms with E-state index in [0.717, 1.165) is 19.4 Å². The van der Waals surface area contributed by atoms with Crippen LogP contribution in [0, 0.1) is 0 Å². The zero-order chi connectivity index (χ0) is 17.1. The number of hydrogen-bond acceptors (Lipinski definition) is 4. The van der Waals surface area contributed by atoms with E-state index in [0.29, 0.717) is 32.6 Å². The van der Waals surface area contributed by atoms with Crippen LogP contribution >= 0.6 is 35.0 Å². The summed E-state index contributed by atoms with van der Waals surface area (Å²) >= 11 is 13.5. The van der Waals surface area contributed by atoms with Crippen molar-refractivity contribution in [2.75, 3.05) is 12.3 Å². The molecule has 1 fully saturated rings. The average Bonchev–Trinajstić information content (AvgIpc) is 2.98. The van der Waals surface area contributed by atoms with E-state index in [2.05, 4.69) is 10.2 Å². The lowest BCUT2D eigenvalue weighted by Crippen LogP contribution is -2.42. The summed E-state index contributed by atoms with van der Waals surface area (Å²) in [6, 6.07) is 2.02. The standard InChI is InChI=1S/C16H20Cl2N4OS/c1-2-21(12-6-4-3-5-7-12)14(23)10-24-16-20-19-15-13(18)8-11(17)9-22(15)16/h8-9,12H,2-7,10H2,1H3. The molecule has 1 aliphatic carbocycles. The first-order valence-electron chi connectivity index (χ1n) is 8.22. The Morgan fingerprint density at radius 1 is 1.33 bits per heavy atom. The van der Waals surface area contributed by atoms with E-state index in [1.165, 1.54) is 31.0 Å². The lowest BCUT2D eigenvalue weighted by molar-refractivity contribution is -0.131. The fourth-order valence-electron chi connectivity index (χ4n) is 3.24. The van der Waals surface area contributed by atoms with E-state index in [-0.39, 0.29) is 5.91 Å². The molecule has 130 valence electrons. The molecule has 24 heavy (non-hydrogen) atoms. The Bertz CT molecular complexity index is 730. The van der Waals surface area contributed by atoms with Gasteiger partial charge in [-0.05, 0) is 25.8 Å². The zero-order valence-electron chi connectivity index (χ0n) is 13.5. The molecular formula is C16H20Cl2N4OS. The van der Waals surface area contributed by atoms with Gasteiger partial charge in [0, 0.05) is 18.8 Å². The fourth-order valence-corrected chi connectivity index (χ4v) is 4.55. The predicted molar refractivity (Wildman–Crippen MR) is 98.0 cm³/mol. The second kappa shape index (κ2) is 7.93. The number of fused-ring (bicyclic) bond motifs is 1. The van der Waals surface area contributed by atoms with Gasteiger partial charge in [0.25, 0.3) is 0 Å². The fraction of sp³-hybridized carbons (Fsp3) is 0.562. The van der Waals surface area contributed by atoms with E-state index >= 15 is 0 Å². The van der Waals surface area contributed by atoms with Crippen molar-refractivity contribution in [1.29, 1.82) is 0 Å². The molecule has 0 atom stereocenters. The molecule has 5 nitrogen and oxygen atoms in total. The first-order chi connectivity index (χ1) is 11.6. The number of pyridine rings is 1. The van der Waals surface area contributed by atoms with Crippen LogP contribution in [0.25, 0.3) is 5.65 Å². The molecule has 8 heteroatoms. The van der Waals surface area contributed by atoms with Crippen LogP contribution < -0.4 is 0 Å². The molecule has 0 unspecified atom stereocenters. The summed E-state index contributed by atoms with van der Waals surface area (Å²) in [5.74, 6) is 0.495. The third-order valence-corrected chi connectivity index (χ3v) is 5.81. The molecule has 2 heterocycles. The van der Waals surface area contributed by atoms with Gasteiger partial charge >= 0.3 is 0 Å². The number of rotatable bonds is 5. The molecule has 0 spiro atoms. The van der Waals surface area contributed by atoms with Crippen molar-refractivity contribution in [2.45, 2.75) is 50.2 Å². The minimum absolute atomic E-state index is 0.152. The summed E-state index contributed by atoms with van der Waals surface area (Å²) in [5, 5.41) is 9.79. The van der Waals surface area contributed by atoms with Crippen molar-refractivity contribution in [3.63, 3.8) is 0 Å². The molecule has 1 aliphatic rings. The Kier molecular flexibility index (Phi) is 5.89. The quantitative estimate of drug-likeness (QED) is 0.718. The third kappa shape index (κ3) is 3.81. The number of nitrogens with zero attached hydrogens (tertiary/aromatic N) is 4. The normalized spacial score (nSPS) is 15.8. The van der Waals surface area contributed by atoms with Crippen molar-refractivity contribution >= 4 is 46.5 Å². The largest absolute Gasteiger partial charge is 0.339 e. The Balaban J connectivity index is 1.69. The zero-order valence-corrected chi connectivity index (χ0v) is 15.9. The van der Waals surface area contributed by atoms with Gasteiger partial charge in [-0.3, -0.25) is 9.20 Å². The maximum absolute atomic E-state index is 12.6. The number of carbonyl (C=O) groups excluding carboxylic acids is 1. The Hall–Kier alpha value is -0.980. The van der Waals surface area contributed by atoms with Gasteiger partial charge in [-0.1, -0.05) is 54.2 Å². The van der Waals surface area contributed by atoms with Gasteiger partial charge in [0.15, 0.2) is 10.8 Å². The van der Waals surface area contributed by atoms with Gasteiger partial charge in [0.1, 0.15) is 0 Å². The third-order valence-electron chi connectivity index (χ3n) is 4.40. The van der Waals surface area contributed by atoms with Crippen LogP contribution in [0.5, 0.6) is 0 Å². The predicted octanol–water partition coefficient (Wildman–Crippen LogP) is 4.31. The molecule has 0 bridgehead atoms. The SMILES string of the molecule is CCN(C(=O)CSc1nnc2c(Cl)cc(Cl)cn12)C1CCCCC1. The van der Waals surface area contributed by atoms with E-state index < -0.39 is 0 Å². The van der Waals surface area contributed by atoms with Crippen LogP contribution in [0.4, 0.5) is 0 Å². The second-order valence-electron chi connectivity index (χ2n) is 5.94. The molecule has 0 aromatic carbocycles. The van der Waals surface area contributed by atoms with Crippen LogP contribution in [-0.2, 0) is 4.79 Å². The second-order valence-corrected chi connectivity index (χ2v) is 7.73. The first kappa shape index (κ1) is 17.8. The first-order valence-corrected chi connectivity index (χ1v) is 9.96. The highest BCUT2D eigenvalue weighted by Gasteiger charge is 2.24. The minimum atomic E-state index is 0.152. The van der Waals surface area contributed by atoms with E-state index in [9.17, 15) is 4.79 Å². The minimum Gasteiger partial charge on any atom is -0.339 e. The van der Waals surface area contributed by atoms with Crippen molar-refractivity contribution in [1.82, 2.24) is 19.5 Å². The molecule has 0 radical (unpaired) electrons. The number of aromatic nitrogens is 3. The van der Waals surface area contributed by atoms with Crippen molar-refractivity contribution in [2.24, 2.45) is 0 Å². The van der Waals surface area contributed by atoms with Crippen LogP contribution in [0.2, 0.25) is 10.0 Å². The Morgan fingerprint density at radius 2 is 2.08 bits per heavy atom. The van der Waals surface area contributed by atoms with Crippen LogP contribution in [-0.4, -0.2) is 43.7 Å². The van der Waals surface area contributed by atoms with Crippen LogP contribution in [0.3, 0.4) is 0 Å². The lowest BCUT2D eigenvalue weighted by Gasteiger charge is -2.33. The molecule has 3 rings (SSSR count). The van der Waals surface area contributed by atoms with Gasteiger partial charge in [-0.25, -0.2) is 0 Å². The summed E-state index contributed by atoms with van der Waals surface area (Å²) < 4.78 is 1.74. The van der Waals surface area contributed by atoms with Gasteiger partial charge in [0.05, 0.1) is 15.8 Å². The summed E-state index contributed by atoms with van der Waals surface area (Å²) in [6.07, 6.45) is 7.66. The smallest absolute Gasteiger partial charge is 0.233 e. The molecular weight excluding hydrogens is 367 g/mol. The van der Waals surface area contributed by atoms with Crippen LogP contribution in [0.15, 0.2) is 17.4 Å².